The van der Waals surface area contributed by atoms with Crippen LogP contribution in [0.1, 0.15) is 6.92 Å². The summed E-state index contributed by atoms with van der Waals surface area (Å²) in [5.41, 5.74) is -2.55. The Bertz CT molecular complexity index is 271. The van der Waals surface area contributed by atoms with Crippen LogP contribution in [0.25, 0.3) is 0 Å². The molecule has 1 N–H and O–H groups in total. The zero-order chi connectivity index (χ0) is 11.0. The second kappa shape index (κ2) is 3.27. The third kappa shape index (κ3) is 1.61. The van der Waals surface area contributed by atoms with Crippen LogP contribution in [0.3, 0.4) is 0 Å². The maximum absolute atomic E-state index is 12.5. The summed E-state index contributed by atoms with van der Waals surface area (Å²) in [6.45, 7) is -0.0114. The fourth-order valence-corrected chi connectivity index (χ4v) is 1.06. The molecule has 2 unspecified atom stereocenters. The Labute approximate surface area is 78.2 Å². The van der Waals surface area contributed by atoms with E-state index in [1.165, 1.54) is 0 Å². The topological polar surface area (TPSA) is 46.5 Å². The standard InChI is InChI=1S/C8H9F3O3/c1-7(8(9,10)11)4-14-3-2-5(12)6(7)13/h2-3,6,13H,4H2,1H3. The van der Waals surface area contributed by atoms with Gasteiger partial charge in [0.15, 0.2) is 5.78 Å². The minimum absolute atomic E-state index is 0.753. The first-order valence-corrected chi connectivity index (χ1v) is 3.86. The lowest BCUT2D eigenvalue weighted by molar-refractivity contribution is -0.254. The molecule has 0 radical (unpaired) electrons. The van der Waals surface area contributed by atoms with Gasteiger partial charge < -0.3 is 9.84 Å². The van der Waals surface area contributed by atoms with Crippen molar-refractivity contribution in [2.24, 2.45) is 5.41 Å². The molecule has 1 heterocycles. The highest BCUT2D eigenvalue weighted by molar-refractivity contribution is 5.94. The monoisotopic (exact) mass is 210 g/mol. The van der Waals surface area contributed by atoms with Crippen molar-refractivity contribution in [3.05, 3.63) is 12.3 Å². The van der Waals surface area contributed by atoms with Crippen molar-refractivity contribution in [1.29, 1.82) is 0 Å². The molecule has 0 aromatic heterocycles. The van der Waals surface area contributed by atoms with E-state index >= 15 is 0 Å². The van der Waals surface area contributed by atoms with Gasteiger partial charge in [-0.1, -0.05) is 0 Å². The van der Waals surface area contributed by atoms with Crippen molar-refractivity contribution in [3.63, 3.8) is 0 Å². The molecular formula is C8H9F3O3. The van der Waals surface area contributed by atoms with E-state index in [9.17, 15) is 23.1 Å². The molecule has 6 heteroatoms. The van der Waals surface area contributed by atoms with Crippen LogP contribution in [0.2, 0.25) is 0 Å². The summed E-state index contributed by atoms with van der Waals surface area (Å²) >= 11 is 0. The van der Waals surface area contributed by atoms with Gasteiger partial charge in [-0.15, -0.1) is 0 Å². The molecular weight excluding hydrogens is 201 g/mol. The first kappa shape index (κ1) is 11.0. The van der Waals surface area contributed by atoms with Gasteiger partial charge in [-0.05, 0) is 6.92 Å². The average Bonchev–Trinajstić information content (AvgIpc) is 2.18. The van der Waals surface area contributed by atoms with Crippen LogP contribution in [0.15, 0.2) is 12.3 Å². The Morgan fingerprint density at radius 1 is 1.64 bits per heavy atom. The number of alkyl halides is 3. The van der Waals surface area contributed by atoms with Crippen molar-refractivity contribution >= 4 is 5.78 Å². The number of ketones is 1. The van der Waals surface area contributed by atoms with E-state index in [0.717, 1.165) is 19.3 Å². The molecule has 14 heavy (non-hydrogen) atoms. The number of aliphatic hydroxyl groups is 1. The van der Waals surface area contributed by atoms with Crippen LogP contribution >= 0.6 is 0 Å². The molecule has 0 saturated carbocycles. The van der Waals surface area contributed by atoms with Crippen LogP contribution in [-0.4, -0.2) is 29.8 Å². The molecule has 1 aliphatic rings. The van der Waals surface area contributed by atoms with E-state index in [0.29, 0.717) is 0 Å². The van der Waals surface area contributed by atoms with Gasteiger partial charge in [0, 0.05) is 6.08 Å². The number of carbonyl (C=O) groups excluding carboxylic acids is 1. The van der Waals surface area contributed by atoms with Gasteiger partial charge in [0.2, 0.25) is 0 Å². The second-order valence-corrected chi connectivity index (χ2v) is 3.33. The van der Waals surface area contributed by atoms with Crippen LogP contribution in [-0.2, 0) is 9.53 Å². The van der Waals surface area contributed by atoms with E-state index in [4.69, 9.17) is 0 Å². The number of aliphatic hydroxyl groups excluding tert-OH is 1. The Balaban J connectivity index is 3.04. The molecule has 0 amide bonds. The quantitative estimate of drug-likeness (QED) is 0.649. The highest BCUT2D eigenvalue weighted by atomic mass is 19.4. The SMILES string of the molecule is CC1(C(F)(F)F)COC=CC(=O)C1O. The summed E-state index contributed by atoms with van der Waals surface area (Å²) in [6, 6.07) is 0. The number of carbonyl (C=O) groups is 1. The van der Waals surface area contributed by atoms with Gasteiger partial charge >= 0.3 is 6.18 Å². The molecule has 3 nitrogen and oxygen atoms in total. The Morgan fingerprint density at radius 3 is 2.71 bits per heavy atom. The number of rotatable bonds is 0. The lowest BCUT2D eigenvalue weighted by Crippen LogP contribution is -2.50. The van der Waals surface area contributed by atoms with E-state index in [2.05, 4.69) is 4.74 Å². The second-order valence-electron chi connectivity index (χ2n) is 3.33. The number of hydrogen-bond acceptors (Lipinski definition) is 3. The first-order valence-electron chi connectivity index (χ1n) is 3.86. The highest BCUT2D eigenvalue weighted by Gasteiger charge is 2.58. The predicted octanol–water partition coefficient (Wildman–Crippen LogP) is 1.03. The first-order chi connectivity index (χ1) is 6.29. The fourth-order valence-electron chi connectivity index (χ4n) is 1.06. The summed E-state index contributed by atoms with van der Waals surface area (Å²) in [5.74, 6) is -0.998. The molecule has 0 saturated heterocycles. The van der Waals surface area contributed by atoms with Crippen LogP contribution in [0.5, 0.6) is 0 Å². The third-order valence-corrected chi connectivity index (χ3v) is 2.23. The van der Waals surface area contributed by atoms with Crippen molar-refractivity contribution in [2.45, 2.75) is 19.2 Å². The number of halogens is 3. The van der Waals surface area contributed by atoms with Gasteiger partial charge in [0.25, 0.3) is 0 Å². The van der Waals surface area contributed by atoms with E-state index in [-0.39, 0.29) is 0 Å². The van der Waals surface area contributed by atoms with E-state index in [1.54, 1.807) is 0 Å². The van der Waals surface area contributed by atoms with Gasteiger partial charge in [0.05, 0.1) is 6.26 Å². The third-order valence-electron chi connectivity index (χ3n) is 2.23. The highest BCUT2D eigenvalue weighted by Crippen LogP contribution is 2.42. The molecule has 0 fully saturated rings. The van der Waals surface area contributed by atoms with Crippen LogP contribution in [0, 0.1) is 5.41 Å². The Hall–Kier alpha value is -1.04. The van der Waals surface area contributed by atoms with Crippen molar-refractivity contribution in [1.82, 2.24) is 0 Å². The minimum Gasteiger partial charge on any atom is -0.500 e. The summed E-state index contributed by atoms with van der Waals surface area (Å²) in [5, 5.41) is 9.21. The number of ether oxygens (including phenoxy) is 1. The average molecular weight is 210 g/mol. The fraction of sp³-hybridized carbons (Fsp3) is 0.625. The number of hydrogen-bond donors (Lipinski definition) is 1. The minimum atomic E-state index is -4.69. The molecule has 0 aliphatic carbocycles. The lowest BCUT2D eigenvalue weighted by Gasteiger charge is -2.32. The smallest absolute Gasteiger partial charge is 0.400 e. The Morgan fingerprint density at radius 2 is 2.21 bits per heavy atom. The zero-order valence-electron chi connectivity index (χ0n) is 7.34. The molecule has 0 aromatic rings. The largest absolute Gasteiger partial charge is 0.500 e. The molecule has 0 spiro atoms. The lowest BCUT2D eigenvalue weighted by atomic mass is 9.82. The maximum atomic E-state index is 12.5. The van der Waals surface area contributed by atoms with Gasteiger partial charge in [-0.25, -0.2) is 0 Å². The van der Waals surface area contributed by atoms with Crippen molar-refractivity contribution in [3.8, 4) is 0 Å². The van der Waals surface area contributed by atoms with E-state index in [1.807, 2.05) is 0 Å². The molecule has 1 rings (SSSR count). The predicted molar refractivity (Wildman–Crippen MR) is 40.3 cm³/mol. The van der Waals surface area contributed by atoms with E-state index < -0.39 is 30.1 Å². The summed E-state index contributed by atoms with van der Waals surface area (Å²) in [6.07, 6.45) is -5.14. The molecule has 0 bridgehead atoms. The summed E-state index contributed by atoms with van der Waals surface area (Å²) in [7, 11) is 0. The molecule has 2 atom stereocenters. The summed E-state index contributed by atoms with van der Waals surface area (Å²) < 4.78 is 42.0. The van der Waals surface area contributed by atoms with Crippen LogP contribution in [0.4, 0.5) is 13.2 Å². The summed E-state index contributed by atoms with van der Waals surface area (Å²) in [4.78, 5) is 11.0. The van der Waals surface area contributed by atoms with Crippen molar-refractivity contribution in [2.75, 3.05) is 6.61 Å². The van der Waals surface area contributed by atoms with Crippen LogP contribution < -0.4 is 0 Å². The van der Waals surface area contributed by atoms with Crippen molar-refractivity contribution < 1.29 is 27.8 Å². The molecule has 80 valence electrons. The Kier molecular flexibility index (Phi) is 2.58. The van der Waals surface area contributed by atoms with Gasteiger partial charge in [0.1, 0.15) is 18.1 Å². The molecule has 1 aliphatic heterocycles. The normalized spacial score (nSPS) is 33.8. The van der Waals surface area contributed by atoms with Gasteiger partial charge in [-0.2, -0.15) is 13.2 Å². The van der Waals surface area contributed by atoms with Gasteiger partial charge in [-0.3, -0.25) is 4.79 Å². The maximum Gasteiger partial charge on any atom is 0.400 e. The zero-order valence-corrected chi connectivity index (χ0v) is 7.34. The molecule has 0 aromatic carbocycles.